The second kappa shape index (κ2) is 7.46. The minimum atomic E-state index is -2.26. The van der Waals surface area contributed by atoms with Gasteiger partial charge in [-0.05, 0) is 19.9 Å². The van der Waals surface area contributed by atoms with Gasteiger partial charge in [0.2, 0.25) is 0 Å². The summed E-state index contributed by atoms with van der Waals surface area (Å²) in [5.41, 5.74) is 4.83. The van der Waals surface area contributed by atoms with E-state index in [1.807, 2.05) is 0 Å². The molecule has 1 aliphatic rings. The molecule has 3 N–H and O–H groups in total. The maximum absolute atomic E-state index is 11.9. The normalized spacial score (nSPS) is 28.3. The Balaban J connectivity index is 2.03. The van der Waals surface area contributed by atoms with E-state index in [1.54, 1.807) is 20.8 Å². The summed E-state index contributed by atoms with van der Waals surface area (Å²) in [7, 11) is -2.26. The molecule has 10 heteroatoms. The molecular weight excluding hydrogens is 325 g/mol. The van der Waals surface area contributed by atoms with E-state index < -0.39 is 32.4 Å². The minimum absolute atomic E-state index is 0.0200. The van der Waals surface area contributed by atoms with Gasteiger partial charge in [0.25, 0.3) is 0 Å². The highest BCUT2D eigenvalue weighted by molar-refractivity contribution is 7.33. The third-order valence-electron chi connectivity index (χ3n) is 3.50. The molecule has 128 valence electrons. The van der Waals surface area contributed by atoms with Crippen molar-refractivity contribution in [2.45, 2.75) is 45.3 Å². The predicted molar refractivity (Wildman–Crippen MR) is 81.8 cm³/mol. The number of aliphatic hydroxyl groups is 1. The fourth-order valence-corrected chi connectivity index (χ4v) is 2.91. The Morgan fingerprint density at radius 2 is 2.26 bits per heavy atom. The van der Waals surface area contributed by atoms with Crippen LogP contribution in [-0.2, 0) is 18.3 Å². The molecule has 1 aliphatic heterocycles. The first-order chi connectivity index (χ1) is 10.8. The van der Waals surface area contributed by atoms with Crippen LogP contribution < -0.4 is 11.4 Å². The summed E-state index contributed by atoms with van der Waals surface area (Å²) in [6.45, 7) is 5.22. The van der Waals surface area contributed by atoms with Crippen molar-refractivity contribution in [3.05, 3.63) is 22.7 Å². The van der Waals surface area contributed by atoms with Crippen molar-refractivity contribution in [2.24, 2.45) is 5.92 Å². The number of rotatable bonds is 6. The van der Waals surface area contributed by atoms with Crippen LogP contribution in [-0.4, -0.2) is 39.6 Å². The zero-order valence-electron chi connectivity index (χ0n) is 13.2. The molecule has 0 saturated carbocycles. The Labute approximate surface area is 134 Å². The van der Waals surface area contributed by atoms with E-state index in [0.29, 0.717) is 0 Å². The number of nitrogens with zero attached hydrogens (tertiary/aromatic N) is 2. The van der Waals surface area contributed by atoms with Gasteiger partial charge in [0.05, 0.1) is 6.10 Å². The van der Waals surface area contributed by atoms with E-state index in [9.17, 15) is 14.5 Å². The highest BCUT2D eigenvalue weighted by atomic mass is 31.1. The lowest BCUT2D eigenvalue weighted by Crippen LogP contribution is -2.33. The van der Waals surface area contributed by atoms with Crippen molar-refractivity contribution in [1.82, 2.24) is 9.55 Å². The van der Waals surface area contributed by atoms with Crippen LogP contribution in [0.1, 0.15) is 27.0 Å². The van der Waals surface area contributed by atoms with Crippen molar-refractivity contribution >= 4 is 14.1 Å². The fraction of sp³-hybridized carbons (Fsp3) is 0.692. The Hall–Kier alpha value is -1.38. The van der Waals surface area contributed by atoms with Crippen LogP contribution in [0.3, 0.4) is 0 Å². The van der Waals surface area contributed by atoms with E-state index in [-0.39, 0.29) is 24.4 Å². The lowest BCUT2D eigenvalue weighted by Gasteiger charge is -2.17. The smallest absolute Gasteiger partial charge is 0.388 e. The molecule has 23 heavy (non-hydrogen) atoms. The van der Waals surface area contributed by atoms with Crippen molar-refractivity contribution in [1.29, 1.82) is 0 Å². The van der Waals surface area contributed by atoms with Crippen LogP contribution in [0.25, 0.3) is 0 Å². The average molecular weight is 346 g/mol. The van der Waals surface area contributed by atoms with Crippen molar-refractivity contribution in [3.8, 4) is 0 Å². The van der Waals surface area contributed by atoms with Crippen LogP contribution >= 0.6 is 8.25 Å². The summed E-state index contributed by atoms with van der Waals surface area (Å²) in [6.07, 6.45) is -1.18. The molecule has 1 aromatic rings. The van der Waals surface area contributed by atoms with Gasteiger partial charge in [-0.15, -0.1) is 9.05 Å². The maximum Gasteiger partial charge on any atom is 0.697 e. The zero-order valence-corrected chi connectivity index (χ0v) is 14.1. The Morgan fingerprint density at radius 3 is 2.87 bits per heavy atom. The van der Waals surface area contributed by atoms with Crippen molar-refractivity contribution in [2.75, 3.05) is 12.3 Å². The number of anilines is 1. The van der Waals surface area contributed by atoms with E-state index in [4.69, 9.17) is 19.5 Å². The largest absolute Gasteiger partial charge is 0.697 e. The summed E-state index contributed by atoms with van der Waals surface area (Å²) in [5.74, 6) is -0.235. The van der Waals surface area contributed by atoms with Gasteiger partial charge in [-0.2, -0.15) is 4.98 Å². The van der Waals surface area contributed by atoms with Gasteiger partial charge in [0.1, 0.15) is 24.6 Å². The van der Waals surface area contributed by atoms with E-state index >= 15 is 0 Å². The summed E-state index contributed by atoms with van der Waals surface area (Å²) in [5, 5.41) is 10.3. The highest BCUT2D eigenvalue weighted by Crippen LogP contribution is 2.35. The molecular formula is C13H21N3O6P+. The number of hydrogen-bond acceptors (Lipinski definition) is 8. The number of aliphatic hydroxyl groups excluding tert-OH is 1. The van der Waals surface area contributed by atoms with E-state index in [0.717, 1.165) is 0 Å². The first-order valence-corrected chi connectivity index (χ1v) is 8.34. The fourth-order valence-electron chi connectivity index (χ4n) is 2.24. The Kier molecular flexibility index (Phi) is 5.83. The van der Waals surface area contributed by atoms with Gasteiger partial charge in [-0.25, -0.2) is 4.79 Å². The summed E-state index contributed by atoms with van der Waals surface area (Å²) < 4.78 is 28.5. The lowest BCUT2D eigenvalue weighted by atomic mass is 10.0. The topological polar surface area (TPSA) is 126 Å². The third-order valence-corrected chi connectivity index (χ3v) is 4.45. The number of nitrogens with two attached hydrogens (primary N) is 1. The molecule has 0 amide bonds. The van der Waals surface area contributed by atoms with E-state index in [1.165, 1.54) is 16.8 Å². The van der Waals surface area contributed by atoms with Crippen LogP contribution in [0.2, 0.25) is 0 Å². The lowest BCUT2D eigenvalue weighted by molar-refractivity contribution is -0.0512. The number of aromatic nitrogens is 2. The zero-order chi connectivity index (χ0) is 17.1. The summed E-state index contributed by atoms with van der Waals surface area (Å²) in [4.78, 5) is 15.5. The Morgan fingerprint density at radius 1 is 1.57 bits per heavy atom. The maximum atomic E-state index is 11.9. The Bertz CT molecular complexity index is 622. The number of hydrogen-bond donors (Lipinski definition) is 2. The van der Waals surface area contributed by atoms with Crippen LogP contribution in [0.15, 0.2) is 17.1 Å². The van der Waals surface area contributed by atoms with Crippen LogP contribution in [0.4, 0.5) is 5.82 Å². The summed E-state index contributed by atoms with van der Waals surface area (Å²) >= 11 is 0. The van der Waals surface area contributed by atoms with Gasteiger partial charge >= 0.3 is 13.9 Å². The molecule has 2 rings (SSSR count). The monoisotopic (exact) mass is 346 g/mol. The first-order valence-electron chi connectivity index (χ1n) is 7.24. The van der Waals surface area contributed by atoms with Gasteiger partial charge in [-0.1, -0.05) is 6.92 Å². The highest BCUT2D eigenvalue weighted by Gasteiger charge is 2.44. The van der Waals surface area contributed by atoms with E-state index in [2.05, 4.69) is 4.98 Å². The van der Waals surface area contributed by atoms with Crippen LogP contribution in [0.5, 0.6) is 0 Å². The molecule has 5 atom stereocenters. The molecule has 0 aromatic carbocycles. The second-order valence-electron chi connectivity index (χ2n) is 5.63. The molecule has 2 heterocycles. The standard InChI is InChI=1S/C13H20N3O6P/c1-7(2)22-23(19)20-6-9-8(3)11(17)12(21-9)16-5-4-10(14)15-13(16)18/h4-5,7-9,11-12,17H,6H2,1-3H3,(H-,14,15,18)/p+1/t8-,9?,11+,12-/m1/s1. The second-order valence-corrected chi connectivity index (χ2v) is 6.55. The molecule has 1 fully saturated rings. The quantitative estimate of drug-likeness (QED) is 0.725. The molecule has 0 spiro atoms. The molecule has 9 nitrogen and oxygen atoms in total. The third kappa shape index (κ3) is 4.33. The van der Waals surface area contributed by atoms with Gasteiger partial charge in [-0.3, -0.25) is 4.57 Å². The van der Waals surface area contributed by atoms with Crippen molar-refractivity contribution in [3.63, 3.8) is 0 Å². The molecule has 1 saturated heterocycles. The van der Waals surface area contributed by atoms with Crippen molar-refractivity contribution < 1.29 is 23.5 Å². The average Bonchev–Trinajstić information content (AvgIpc) is 2.73. The predicted octanol–water partition coefficient (Wildman–Crippen LogP) is 0.819. The van der Waals surface area contributed by atoms with Gasteiger partial charge in [0.15, 0.2) is 6.23 Å². The molecule has 2 unspecified atom stereocenters. The molecule has 0 radical (unpaired) electrons. The number of nitrogen functional groups attached to an aromatic ring is 1. The van der Waals surface area contributed by atoms with Gasteiger partial charge < -0.3 is 15.6 Å². The molecule has 0 bridgehead atoms. The summed E-state index contributed by atoms with van der Waals surface area (Å²) in [6, 6.07) is 1.44. The minimum Gasteiger partial charge on any atom is -0.388 e. The molecule has 1 aromatic heterocycles. The molecule has 0 aliphatic carbocycles. The van der Waals surface area contributed by atoms with Gasteiger partial charge in [0, 0.05) is 16.7 Å². The van der Waals surface area contributed by atoms with Crippen LogP contribution in [0, 0.1) is 5.92 Å². The number of ether oxygens (including phenoxy) is 1. The SMILES string of the molecule is CC(C)O[P+](=O)OCC1O[C@@H](n2ccc(N)nc2=O)[C@@H](O)[C@@H]1C. The first kappa shape index (κ1) is 18.0.